The Bertz CT molecular complexity index is 593. The first-order chi connectivity index (χ1) is 9.04. The van der Waals surface area contributed by atoms with E-state index in [1.54, 1.807) is 12.1 Å². The third-order valence-electron chi connectivity index (χ3n) is 2.54. The second kappa shape index (κ2) is 5.80. The molecule has 0 unspecified atom stereocenters. The van der Waals surface area contributed by atoms with E-state index in [0.29, 0.717) is 17.3 Å². The van der Waals surface area contributed by atoms with Crippen molar-refractivity contribution < 1.29 is 9.21 Å². The summed E-state index contributed by atoms with van der Waals surface area (Å²) in [5, 5.41) is 6.36. The summed E-state index contributed by atoms with van der Waals surface area (Å²) in [6.07, 6.45) is 0. The van der Waals surface area contributed by atoms with E-state index < -0.39 is 0 Å². The van der Waals surface area contributed by atoms with E-state index in [1.165, 1.54) is 6.92 Å². The molecule has 19 heavy (non-hydrogen) atoms. The molecule has 2 rings (SSSR count). The van der Waals surface area contributed by atoms with Crippen LogP contribution in [-0.4, -0.2) is 5.91 Å². The number of anilines is 2. The number of aryl methyl sites for hydroxylation is 1. The molecule has 1 aromatic carbocycles. The van der Waals surface area contributed by atoms with E-state index in [2.05, 4.69) is 10.6 Å². The number of furan rings is 1. The number of amides is 1. The van der Waals surface area contributed by atoms with Crippen LogP contribution in [0.1, 0.15) is 18.4 Å². The Labute approximate surface area is 116 Å². The van der Waals surface area contributed by atoms with E-state index in [4.69, 9.17) is 16.0 Å². The number of halogens is 1. The van der Waals surface area contributed by atoms with E-state index in [9.17, 15) is 4.79 Å². The third-order valence-corrected chi connectivity index (χ3v) is 2.86. The van der Waals surface area contributed by atoms with E-state index in [1.807, 2.05) is 25.1 Å². The molecule has 1 heterocycles. The Morgan fingerprint density at radius 1 is 1.32 bits per heavy atom. The summed E-state index contributed by atoms with van der Waals surface area (Å²) in [6.45, 7) is 3.94. The summed E-state index contributed by atoms with van der Waals surface area (Å²) in [5.41, 5.74) is 1.47. The fourth-order valence-corrected chi connectivity index (χ4v) is 1.91. The van der Waals surface area contributed by atoms with Gasteiger partial charge in [0.05, 0.1) is 17.3 Å². The largest absolute Gasteiger partial charge is 0.465 e. The Balaban J connectivity index is 2.01. The first-order valence-electron chi connectivity index (χ1n) is 5.91. The van der Waals surface area contributed by atoms with Gasteiger partial charge in [-0.2, -0.15) is 0 Å². The van der Waals surface area contributed by atoms with Crippen molar-refractivity contribution in [3.05, 3.63) is 46.9 Å². The highest BCUT2D eigenvalue weighted by Crippen LogP contribution is 2.25. The predicted molar refractivity (Wildman–Crippen MR) is 76.5 cm³/mol. The van der Waals surface area contributed by atoms with Crippen LogP contribution in [0.3, 0.4) is 0 Å². The molecule has 0 aliphatic heterocycles. The van der Waals surface area contributed by atoms with Crippen LogP contribution < -0.4 is 10.6 Å². The van der Waals surface area contributed by atoms with E-state index in [-0.39, 0.29) is 5.91 Å². The van der Waals surface area contributed by atoms with Gasteiger partial charge in [0.2, 0.25) is 5.91 Å². The highest BCUT2D eigenvalue weighted by molar-refractivity contribution is 6.34. The highest BCUT2D eigenvalue weighted by atomic mass is 35.5. The van der Waals surface area contributed by atoms with Gasteiger partial charge in [-0.15, -0.1) is 0 Å². The summed E-state index contributed by atoms with van der Waals surface area (Å²) in [6, 6.07) is 9.23. The molecule has 0 radical (unpaired) electrons. The zero-order valence-electron chi connectivity index (χ0n) is 10.8. The third kappa shape index (κ3) is 3.76. The van der Waals surface area contributed by atoms with Crippen molar-refractivity contribution in [2.75, 3.05) is 10.6 Å². The molecule has 0 saturated carbocycles. The van der Waals surface area contributed by atoms with Crippen molar-refractivity contribution in [3.8, 4) is 0 Å². The monoisotopic (exact) mass is 278 g/mol. The van der Waals surface area contributed by atoms with Crippen LogP contribution in [0.5, 0.6) is 0 Å². The van der Waals surface area contributed by atoms with Crippen LogP contribution in [0.25, 0.3) is 0 Å². The first kappa shape index (κ1) is 13.5. The van der Waals surface area contributed by atoms with Crippen molar-refractivity contribution >= 4 is 28.9 Å². The summed E-state index contributed by atoms with van der Waals surface area (Å²) >= 11 is 6.08. The fourth-order valence-electron chi connectivity index (χ4n) is 1.69. The van der Waals surface area contributed by atoms with Crippen molar-refractivity contribution in [2.45, 2.75) is 20.4 Å². The molecule has 2 aromatic rings. The molecule has 0 atom stereocenters. The normalized spacial score (nSPS) is 10.3. The Kier molecular flexibility index (Phi) is 4.12. The quantitative estimate of drug-likeness (QED) is 0.894. The maximum Gasteiger partial charge on any atom is 0.221 e. The van der Waals surface area contributed by atoms with Crippen LogP contribution >= 0.6 is 11.6 Å². The van der Waals surface area contributed by atoms with Crippen LogP contribution in [-0.2, 0) is 11.3 Å². The molecule has 0 aliphatic rings. The van der Waals surface area contributed by atoms with Crippen LogP contribution in [0, 0.1) is 6.92 Å². The second-order valence-electron chi connectivity index (χ2n) is 4.24. The summed E-state index contributed by atoms with van der Waals surface area (Å²) in [7, 11) is 0. The maximum atomic E-state index is 11.0. The van der Waals surface area contributed by atoms with Crippen molar-refractivity contribution in [3.63, 3.8) is 0 Å². The SMILES string of the molecule is CC(=O)Nc1ccc(NCc2ccc(C)o2)cc1Cl. The zero-order chi connectivity index (χ0) is 13.8. The minimum Gasteiger partial charge on any atom is -0.465 e. The molecule has 1 aromatic heterocycles. The Morgan fingerprint density at radius 2 is 2.11 bits per heavy atom. The molecular weight excluding hydrogens is 264 g/mol. The molecule has 4 nitrogen and oxygen atoms in total. The number of carbonyl (C=O) groups is 1. The summed E-state index contributed by atoms with van der Waals surface area (Å²) in [5.74, 6) is 1.60. The lowest BCUT2D eigenvalue weighted by molar-refractivity contribution is -0.114. The average molecular weight is 279 g/mol. The van der Waals surface area contributed by atoms with Gasteiger partial charge in [0, 0.05) is 12.6 Å². The van der Waals surface area contributed by atoms with E-state index in [0.717, 1.165) is 17.2 Å². The van der Waals surface area contributed by atoms with Crippen molar-refractivity contribution in [2.24, 2.45) is 0 Å². The molecule has 1 amide bonds. The van der Waals surface area contributed by atoms with Gasteiger partial charge in [-0.1, -0.05) is 11.6 Å². The Hall–Kier alpha value is -1.94. The van der Waals surface area contributed by atoms with Crippen LogP contribution in [0.4, 0.5) is 11.4 Å². The molecule has 0 bridgehead atoms. The van der Waals surface area contributed by atoms with Gasteiger partial charge in [-0.3, -0.25) is 4.79 Å². The smallest absolute Gasteiger partial charge is 0.221 e. The van der Waals surface area contributed by atoms with Gasteiger partial charge >= 0.3 is 0 Å². The van der Waals surface area contributed by atoms with Gasteiger partial charge in [-0.25, -0.2) is 0 Å². The summed E-state index contributed by atoms with van der Waals surface area (Å²) < 4.78 is 5.46. The lowest BCUT2D eigenvalue weighted by Crippen LogP contribution is -2.06. The van der Waals surface area contributed by atoms with Crippen molar-refractivity contribution in [1.29, 1.82) is 0 Å². The van der Waals surface area contributed by atoms with Crippen LogP contribution in [0.2, 0.25) is 5.02 Å². The predicted octanol–water partition coefficient (Wildman–Crippen LogP) is 3.81. The average Bonchev–Trinajstić information content (AvgIpc) is 2.75. The molecule has 5 heteroatoms. The second-order valence-corrected chi connectivity index (χ2v) is 4.65. The number of benzene rings is 1. The standard InChI is InChI=1S/C14H15ClN2O2/c1-9-3-5-12(19-9)8-16-11-4-6-14(13(15)7-11)17-10(2)18/h3-7,16H,8H2,1-2H3,(H,17,18). The molecule has 2 N–H and O–H groups in total. The maximum absolute atomic E-state index is 11.0. The molecule has 0 aliphatic carbocycles. The van der Waals surface area contributed by atoms with Gasteiger partial charge in [-0.05, 0) is 37.3 Å². The molecule has 0 fully saturated rings. The number of rotatable bonds is 4. The minimum absolute atomic E-state index is 0.145. The topological polar surface area (TPSA) is 54.3 Å². The lowest BCUT2D eigenvalue weighted by atomic mass is 10.2. The fraction of sp³-hybridized carbons (Fsp3) is 0.214. The first-order valence-corrected chi connectivity index (χ1v) is 6.29. The molecule has 0 spiro atoms. The van der Waals surface area contributed by atoms with Gasteiger partial charge < -0.3 is 15.1 Å². The van der Waals surface area contributed by atoms with Crippen molar-refractivity contribution in [1.82, 2.24) is 0 Å². The zero-order valence-corrected chi connectivity index (χ0v) is 11.5. The van der Waals surface area contributed by atoms with Gasteiger partial charge in [0.1, 0.15) is 11.5 Å². The number of hydrogen-bond acceptors (Lipinski definition) is 3. The van der Waals surface area contributed by atoms with Crippen LogP contribution in [0.15, 0.2) is 34.7 Å². The molecular formula is C14H15ClN2O2. The number of hydrogen-bond donors (Lipinski definition) is 2. The van der Waals surface area contributed by atoms with E-state index >= 15 is 0 Å². The highest BCUT2D eigenvalue weighted by Gasteiger charge is 2.04. The van der Waals surface area contributed by atoms with Gasteiger partial charge in [0.25, 0.3) is 0 Å². The molecule has 0 saturated heterocycles. The number of carbonyl (C=O) groups excluding carboxylic acids is 1. The Morgan fingerprint density at radius 3 is 2.68 bits per heavy atom. The van der Waals surface area contributed by atoms with Gasteiger partial charge in [0.15, 0.2) is 0 Å². The molecule has 100 valence electrons. The lowest BCUT2D eigenvalue weighted by Gasteiger charge is -2.09. The number of nitrogens with one attached hydrogen (secondary N) is 2. The summed E-state index contributed by atoms with van der Waals surface area (Å²) in [4.78, 5) is 11.0. The minimum atomic E-state index is -0.145.